The molecule has 0 spiro atoms. The van der Waals surface area contributed by atoms with Gasteiger partial charge in [-0.3, -0.25) is 9.59 Å². The van der Waals surface area contributed by atoms with Crippen molar-refractivity contribution in [2.75, 3.05) is 13.2 Å². The van der Waals surface area contributed by atoms with Crippen molar-refractivity contribution in [3.05, 3.63) is 36.5 Å². The van der Waals surface area contributed by atoms with Crippen molar-refractivity contribution in [2.45, 2.75) is 450 Å². The molecule has 6 nitrogen and oxygen atoms in total. The Bertz CT molecular complexity index is 1390. The summed E-state index contributed by atoms with van der Waals surface area (Å²) in [5.74, 6) is -0.0415. The Morgan fingerprint density at radius 1 is 0.326 bits per heavy atom. The number of amides is 1. The first-order valence-electron chi connectivity index (χ1n) is 39.3. The molecule has 0 fully saturated rings. The molecular weight excluding hydrogens is 1050 g/mol. The van der Waals surface area contributed by atoms with Crippen LogP contribution in [0.4, 0.5) is 0 Å². The first-order valence-corrected chi connectivity index (χ1v) is 39.3. The molecule has 0 aliphatic heterocycles. The number of aliphatic hydroxyl groups excluding tert-OH is 2. The number of rotatable bonds is 74. The third kappa shape index (κ3) is 71.2. The lowest BCUT2D eigenvalue weighted by molar-refractivity contribution is -0.143. The Morgan fingerprint density at radius 3 is 0.884 bits per heavy atom. The van der Waals surface area contributed by atoms with E-state index in [-0.39, 0.29) is 18.5 Å². The lowest BCUT2D eigenvalue weighted by atomic mass is 10.0. The smallest absolute Gasteiger partial charge is 0.305 e. The molecule has 0 aromatic carbocycles. The molecule has 0 saturated heterocycles. The van der Waals surface area contributed by atoms with Crippen molar-refractivity contribution in [3.63, 3.8) is 0 Å². The Hall–Kier alpha value is -1.92. The van der Waals surface area contributed by atoms with Crippen molar-refractivity contribution in [1.29, 1.82) is 0 Å². The summed E-state index contributed by atoms with van der Waals surface area (Å²) >= 11 is 0. The number of carbonyl (C=O) groups is 2. The zero-order valence-corrected chi connectivity index (χ0v) is 58.3. The average Bonchev–Trinajstić information content (AvgIpc) is 3.52. The minimum Gasteiger partial charge on any atom is -0.466 e. The van der Waals surface area contributed by atoms with Gasteiger partial charge in [-0.05, 0) is 64.2 Å². The highest BCUT2D eigenvalue weighted by Crippen LogP contribution is 2.19. The predicted molar refractivity (Wildman–Crippen MR) is 379 cm³/mol. The highest BCUT2D eigenvalue weighted by molar-refractivity contribution is 5.76. The summed E-state index contributed by atoms with van der Waals surface area (Å²) in [6.45, 7) is 4.95. The summed E-state index contributed by atoms with van der Waals surface area (Å²) in [7, 11) is 0. The third-order valence-electron chi connectivity index (χ3n) is 18.4. The van der Waals surface area contributed by atoms with Crippen molar-refractivity contribution < 1.29 is 24.5 Å². The second-order valence-electron chi connectivity index (χ2n) is 27.0. The van der Waals surface area contributed by atoms with E-state index >= 15 is 0 Å². The van der Waals surface area contributed by atoms with E-state index in [1.807, 2.05) is 6.08 Å². The van der Waals surface area contributed by atoms with Gasteiger partial charge in [-0.25, -0.2) is 0 Å². The van der Waals surface area contributed by atoms with Gasteiger partial charge in [0.2, 0.25) is 5.91 Å². The van der Waals surface area contributed by atoms with Crippen molar-refractivity contribution >= 4 is 11.9 Å². The zero-order chi connectivity index (χ0) is 62.0. The molecular formula is C80H153NO5. The van der Waals surface area contributed by atoms with E-state index in [4.69, 9.17) is 4.74 Å². The number of hydrogen-bond donors (Lipinski definition) is 3. The van der Waals surface area contributed by atoms with Crippen LogP contribution in [0.2, 0.25) is 0 Å². The Labute approximate surface area is 538 Å². The van der Waals surface area contributed by atoms with E-state index in [0.717, 1.165) is 44.9 Å². The maximum Gasteiger partial charge on any atom is 0.305 e. The summed E-state index contributed by atoms with van der Waals surface area (Å²) < 4.78 is 5.50. The number of ether oxygens (including phenoxy) is 1. The molecule has 508 valence electrons. The van der Waals surface area contributed by atoms with Gasteiger partial charge in [0, 0.05) is 12.8 Å². The van der Waals surface area contributed by atoms with Crippen LogP contribution >= 0.6 is 0 Å². The fourth-order valence-corrected chi connectivity index (χ4v) is 12.4. The van der Waals surface area contributed by atoms with Gasteiger partial charge in [-0.2, -0.15) is 0 Å². The largest absolute Gasteiger partial charge is 0.466 e. The maximum absolute atomic E-state index is 12.5. The number of aliphatic hydroxyl groups is 2. The normalized spacial score (nSPS) is 12.7. The van der Waals surface area contributed by atoms with E-state index in [9.17, 15) is 19.8 Å². The van der Waals surface area contributed by atoms with Gasteiger partial charge in [-0.15, -0.1) is 0 Å². The topological polar surface area (TPSA) is 95.9 Å². The number of allylic oxidation sites excluding steroid dienone is 5. The van der Waals surface area contributed by atoms with Crippen LogP contribution in [0.15, 0.2) is 36.5 Å². The van der Waals surface area contributed by atoms with Gasteiger partial charge in [-0.1, -0.05) is 397 Å². The molecule has 0 aromatic rings. The highest BCUT2D eigenvalue weighted by atomic mass is 16.5. The maximum atomic E-state index is 12.5. The lowest BCUT2D eigenvalue weighted by Crippen LogP contribution is -2.45. The minimum absolute atomic E-state index is 0.0202. The molecule has 1 amide bonds. The molecule has 2 unspecified atom stereocenters. The van der Waals surface area contributed by atoms with E-state index in [2.05, 4.69) is 43.5 Å². The van der Waals surface area contributed by atoms with Crippen molar-refractivity contribution in [2.24, 2.45) is 0 Å². The number of unbranched alkanes of at least 4 members (excludes halogenated alkanes) is 59. The fourth-order valence-electron chi connectivity index (χ4n) is 12.4. The fraction of sp³-hybridized carbons (Fsp3) is 0.900. The SMILES string of the molecule is CCCCCCCCCCCCCCCCCCC/C=C/C(O)C(CO)NC(=O)CCCCCCCCCCCCCCCCCCC/C=C\C/C=C\CCCCCCCCCCCCCOC(=O)CCCCCCCCCCCCCCCCC. The van der Waals surface area contributed by atoms with Gasteiger partial charge in [0.15, 0.2) is 0 Å². The molecule has 6 heteroatoms. The number of nitrogens with one attached hydrogen (secondary N) is 1. The summed E-state index contributed by atoms with van der Waals surface area (Å²) in [5, 5.41) is 23.3. The van der Waals surface area contributed by atoms with Crippen LogP contribution in [0.5, 0.6) is 0 Å². The molecule has 3 N–H and O–H groups in total. The Kier molecular flexibility index (Phi) is 73.9. The second-order valence-corrected chi connectivity index (χ2v) is 27.0. The summed E-state index contributed by atoms with van der Waals surface area (Å²) in [5.41, 5.74) is 0. The number of hydrogen-bond acceptors (Lipinski definition) is 5. The van der Waals surface area contributed by atoms with Crippen LogP contribution < -0.4 is 5.32 Å². The monoisotopic (exact) mass is 1210 g/mol. The second kappa shape index (κ2) is 75.5. The van der Waals surface area contributed by atoms with Gasteiger partial charge >= 0.3 is 5.97 Å². The first-order chi connectivity index (χ1) is 42.5. The molecule has 0 aliphatic carbocycles. The van der Waals surface area contributed by atoms with Gasteiger partial charge in [0.1, 0.15) is 0 Å². The predicted octanol–water partition coefficient (Wildman–Crippen LogP) is 25.8. The van der Waals surface area contributed by atoms with Crippen LogP contribution in [0.1, 0.15) is 438 Å². The molecule has 0 aliphatic rings. The molecule has 86 heavy (non-hydrogen) atoms. The quantitative estimate of drug-likeness (QED) is 0.0320. The molecule has 0 rings (SSSR count). The molecule has 0 bridgehead atoms. The van der Waals surface area contributed by atoms with E-state index in [1.54, 1.807) is 6.08 Å². The minimum atomic E-state index is -0.844. The third-order valence-corrected chi connectivity index (χ3v) is 18.4. The Balaban J connectivity index is 3.38. The lowest BCUT2D eigenvalue weighted by Gasteiger charge is -2.20. The van der Waals surface area contributed by atoms with Gasteiger partial charge in [0.25, 0.3) is 0 Å². The highest BCUT2D eigenvalue weighted by Gasteiger charge is 2.18. The van der Waals surface area contributed by atoms with E-state index < -0.39 is 12.1 Å². The molecule has 2 atom stereocenters. The summed E-state index contributed by atoms with van der Waals surface area (Å²) in [6, 6.07) is -0.627. The summed E-state index contributed by atoms with van der Waals surface area (Å²) in [6.07, 6.45) is 98.3. The summed E-state index contributed by atoms with van der Waals surface area (Å²) in [4.78, 5) is 24.6. The van der Waals surface area contributed by atoms with Crippen LogP contribution in [-0.4, -0.2) is 47.4 Å². The first kappa shape index (κ1) is 84.1. The number of carbonyl (C=O) groups excluding carboxylic acids is 2. The van der Waals surface area contributed by atoms with Crippen molar-refractivity contribution in [3.8, 4) is 0 Å². The number of esters is 1. The van der Waals surface area contributed by atoms with Gasteiger partial charge < -0.3 is 20.3 Å². The molecule has 0 radical (unpaired) electrons. The van der Waals surface area contributed by atoms with E-state index in [1.165, 1.54) is 366 Å². The van der Waals surface area contributed by atoms with Crippen LogP contribution in [-0.2, 0) is 14.3 Å². The van der Waals surface area contributed by atoms with Crippen LogP contribution in [0.3, 0.4) is 0 Å². The van der Waals surface area contributed by atoms with Crippen molar-refractivity contribution in [1.82, 2.24) is 5.32 Å². The molecule has 0 aromatic heterocycles. The molecule has 0 heterocycles. The average molecular weight is 1210 g/mol. The zero-order valence-electron chi connectivity index (χ0n) is 58.3. The van der Waals surface area contributed by atoms with Gasteiger partial charge in [0.05, 0.1) is 25.4 Å². The van der Waals surface area contributed by atoms with Crippen LogP contribution in [0.25, 0.3) is 0 Å². The van der Waals surface area contributed by atoms with E-state index in [0.29, 0.717) is 19.4 Å². The molecule has 0 saturated carbocycles. The Morgan fingerprint density at radius 2 is 0.581 bits per heavy atom. The standard InChI is InChI=1S/C80H153NO5/c1-3-5-7-9-11-13-15-17-19-20-38-41-45-48-52-56-60-64-68-72-78(83)77(76-82)81-79(84)73-69-65-61-57-53-49-46-42-39-36-34-32-30-28-26-24-22-21-23-25-27-29-31-33-35-37-40-43-47-51-55-59-63-67-71-75-86-80(85)74-70-66-62-58-54-50-44-18-16-14-12-10-8-6-4-2/h23,25,29,31,68,72,77-78,82-83H,3-22,24,26-28,30,32-67,69-71,73-76H2,1-2H3,(H,81,84)/b25-23-,31-29-,72-68+. The van der Waals surface area contributed by atoms with Crippen LogP contribution in [0, 0.1) is 0 Å².